The second-order valence-electron chi connectivity index (χ2n) is 8.40. The summed E-state index contributed by atoms with van der Waals surface area (Å²) in [6.45, 7) is 5.27. The molecule has 0 bridgehead atoms. The van der Waals surface area contributed by atoms with Crippen molar-refractivity contribution in [1.29, 1.82) is 0 Å². The summed E-state index contributed by atoms with van der Waals surface area (Å²) in [7, 11) is 0. The highest BCUT2D eigenvalue weighted by Crippen LogP contribution is 2.21. The van der Waals surface area contributed by atoms with Gasteiger partial charge in [0.15, 0.2) is 0 Å². The summed E-state index contributed by atoms with van der Waals surface area (Å²) < 4.78 is 5.47. The van der Waals surface area contributed by atoms with Gasteiger partial charge in [0, 0.05) is 43.0 Å². The van der Waals surface area contributed by atoms with Crippen LogP contribution in [0.4, 0.5) is 5.69 Å². The van der Waals surface area contributed by atoms with Crippen LogP contribution in [0.5, 0.6) is 0 Å². The molecule has 1 aliphatic heterocycles. The van der Waals surface area contributed by atoms with Crippen LogP contribution >= 0.6 is 11.3 Å². The predicted molar refractivity (Wildman–Crippen MR) is 134 cm³/mol. The van der Waals surface area contributed by atoms with Crippen LogP contribution < -0.4 is 5.32 Å². The Morgan fingerprint density at radius 3 is 2.49 bits per heavy atom. The average Bonchev–Trinajstić information content (AvgIpc) is 3.58. The summed E-state index contributed by atoms with van der Waals surface area (Å²) in [4.78, 5) is 34.4. The number of anilines is 1. The van der Waals surface area contributed by atoms with E-state index in [0.29, 0.717) is 47.5 Å². The van der Waals surface area contributed by atoms with Crippen LogP contribution in [-0.2, 0) is 6.54 Å². The van der Waals surface area contributed by atoms with E-state index in [1.165, 1.54) is 11.3 Å². The zero-order valence-electron chi connectivity index (χ0n) is 19.3. The lowest BCUT2D eigenvalue weighted by atomic mass is 10.1. The highest BCUT2D eigenvalue weighted by molar-refractivity contribution is 7.12. The highest BCUT2D eigenvalue weighted by atomic mass is 32.1. The number of aryl methyl sites for hydroxylation is 1. The summed E-state index contributed by atoms with van der Waals surface area (Å²) in [5.41, 5.74) is 3.33. The summed E-state index contributed by atoms with van der Waals surface area (Å²) in [5.74, 6) is 1.01. The van der Waals surface area contributed by atoms with Crippen LogP contribution in [0.3, 0.4) is 0 Å². The quantitative estimate of drug-likeness (QED) is 0.436. The molecule has 8 nitrogen and oxygen atoms in total. The lowest BCUT2D eigenvalue weighted by Crippen LogP contribution is -2.48. The van der Waals surface area contributed by atoms with Gasteiger partial charge >= 0.3 is 0 Å². The van der Waals surface area contributed by atoms with E-state index in [1.807, 2.05) is 47.5 Å². The maximum Gasteiger partial charge on any atom is 0.265 e. The molecule has 5 rings (SSSR count). The molecular weight excluding hydrogens is 462 g/mol. The van der Waals surface area contributed by atoms with E-state index < -0.39 is 0 Å². The first kappa shape index (κ1) is 22.9. The average molecular weight is 488 g/mol. The second-order valence-corrected chi connectivity index (χ2v) is 9.35. The fourth-order valence-corrected chi connectivity index (χ4v) is 4.65. The van der Waals surface area contributed by atoms with Crippen molar-refractivity contribution < 1.29 is 14.1 Å². The summed E-state index contributed by atoms with van der Waals surface area (Å²) in [5, 5.41) is 8.85. The number of amides is 2. The van der Waals surface area contributed by atoms with Crippen molar-refractivity contribution >= 4 is 28.8 Å². The molecule has 178 valence electrons. The van der Waals surface area contributed by atoms with Gasteiger partial charge in [-0.1, -0.05) is 35.5 Å². The minimum atomic E-state index is -0.150. The molecule has 4 aromatic rings. The molecule has 0 saturated carbocycles. The van der Waals surface area contributed by atoms with Crippen molar-refractivity contribution in [3.05, 3.63) is 87.9 Å². The van der Waals surface area contributed by atoms with E-state index >= 15 is 0 Å². The van der Waals surface area contributed by atoms with Gasteiger partial charge in [-0.3, -0.25) is 14.5 Å². The van der Waals surface area contributed by atoms with E-state index in [-0.39, 0.29) is 11.8 Å². The molecule has 0 spiro atoms. The first-order chi connectivity index (χ1) is 17.1. The third-order valence-corrected chi connectivity index (χ3v) is 6.88. The molecule has 1 saturated heterocycles. The number of piperazine rings is 1. The van der Waals surface area contributed by atoms with Gasteiger partial charge in [0.25, 0.3) is 11.8 Å². The fourth-order valence-electron chi connectivity index (χ4n) is 4.03. The number of nitrogens with zero attached hydrogens (tertiary/aromatic N) is 4. The third kappa shape index (κ3) is 5.31. The predicted octanol–water partition coefficient (Wildman–Crippen LogP) is 4.32. The van der Waals surface area contributed by atoms with E-state index in [0.717, 1.165) is 24.2 Å². The monoisotopic (exact) mass is 487 g/mol. The van der Waals surface area contributed by atoms with Gasteiger partial charge in [-0.25, -0.2) is 0 Å². The molecule has 35 heavy (non-hydrogen) atoms. The molecule has 2 aromatic heterocycles. The molecule has 0 radical (unpaired) electrons. The Morgan fingerprint density at radius 2 is 1.77 bits per heavy atom. The van der Waals surface area contributed by atoms with E-state index in [9.17, 15) is 9.59 Å². The molecule has 9 heteroatoms. The van der Waals surface area contributed by atoms with Gasteiger partial charge in [0.2, 0.25) is 11.7 Å². The second kappa shape index (κ2) is 10.2. The lowest BCUT2D eigenvalue weighted by Gasteiger charge is -2.34. The van der Waals surface area contributed by atoms with Crippen molar-refractivity contribution in [3.63, 3.8) is 0 Å². The van der Waals surface area contributed by atoms with Crippen molar-refractivity contribution in [2.45, 2.75) is 13.5 Å². The fraction of sp³-hybridized carbons (Fsp3) is 0.231. The van der Waals surface area contributed by atoms with Crippen molar-refractivity contribution in [2.24, 2.45) is 0 Å². The van der Waals surface area contributed by atoms with Gasteiger partial charge in [-0.05, 0) is 48.2 Å². The molecule has 3 heterocycles. The number of hydrogen-bond acceptors (Lipinski definition) is 7. The lowest BCUT2D eigenvalue weighted by molar-refractivity contribution is 0.0615. The molecule has 2 aromatic carbocycles. The number of hydrogen-bond donors (Lipinski definition) is 1. The standard InChI is InChI=1S/C26H25N5O3S/c1-18-5-2-3-6-21(18)24-28-23(34-29-24)17-30-12-14-31(15-13-30)26(33)19-8-10-20(11-9-19)27-25(32)22-7-4-16-35-22/h2-11,16H,12-15,17H2,1H3,(H,27,32). The zero-order chi connectivity index (χ0) is 24.2. The Balaban J connectivity index is 1.13. The van der Waals surface area contributed by atoms with Gasteiger partial charge < -0.3 is 14.7 Å². The van der Waals surface area contributed by atoms with Gasteiger partial charge in [0.1, 0.15) is 0 Å². The number of aromatic nitrogens is 2. The summed E-state index contributed by atoms with van der Waals surface area (Å²) >= 11 is 1.39. The Bertz CT molecular complexity index is 1310. The minimum absolute atomic E-state index is 0.0135. The van der Waals surface area contributed by atoms with Crippen LogP contribution in [0.25, 0.3) is 11.4 Å². The Kier molecular flexibility index (Phi) is 6.69. The number of benzene rings is 2. The topological polar surface area (TPSA) is 91.6 Å². The van der Waals surface area contributed by atoms with Crippen molar-refractivity contribution in [1.82, 2.24) is 19.9 Å². The van der Waals surface area contributed by atoms with Crippen molar-refractivity contribution in [2.75, 3.05) is 31.5 Å². The number of carbonyl (C=O) groups excluding carboxylic acids is 2. The van der Waals surface area contributed by atoms with E-state index in [1.54, 1.807) is 30.3 Å². The number of thiophene rings is 1. The van der Waals surface area contributed by atoms with Crippen LogP contribution in [0.2, 0.25) is 0 Å². The van der Waals surface area contributed by atoms with Crippen LogP contribution in [0, 0.1) is 6.92 Å². The van der Waals surface area contributed by atoms with Gasteiger partial charge in [-0.15, -0.1) is 11.3 Å². The molecule has 0 unspecified atom stereocenters. The van der Waals surface area contributed by atoms with E-state index in [4.69, 9.17) is 4.52 Å². The molecule has 1 N–H and O–H groups in total. The molecule has 0 atom stereocenters. The molecule has 1 fully saturated rings. The number of carbonyl (C=O) groups is 2. The summed E-state index contributed by atoms with van der Waals surface area (Å²) in [6, 6.07) is 18.6. The maximum absolute atomic E-state index is 13.0. The van der Waals surface area contributed by atoms with Crippen LogP contribution in [0.15, 0.2) is 70.6 Å². The highest BCUT2D eigenvalue weighted by Gasteiger charge is 2.24. The molecule has 0 aliphatic carbocycles. The largest absolute Gasteiger partial charge is 0.338 e. The molecular formula is C26H25N5O3S. The molecule has 2 amide bonds. The van der Waals surface area contributed by atoms with Crippen LogP contribution in [0.1, 0.15) is 31.5 Å². The first-order valence-electron chi connectivity index (χ1n) is 11.4. The Hall–Kier alpha value is -3.82. The summed E-state index contributed by atoms with van der Waals surface area (Å²) in [6.07, 6.45) is 0. The smallest absolute Gasteiger partial charge is 0.265 e. The Morgan fingerprint density at radius 1 is 1.00 bits per heavy atom. The van der Waals surface area contributed by atoms with Gasteiger partial charge in [0.05, 0.1) is 11.4 Å². The third-order valence-electron chi connectivity index (χ3n) is 6.01. The van der Waals surface area contributed by atoms with Crippen LogP contribution in [-0.4, -0.2) is 57.9 Å². The Labute approximate surface area is 207 Å². The van der Waals surface area contributed by atoms with Gasteiger partial charge in [-0.2, -0.15) is 4.98 Å². The zero-order valence-corrected chi connectivity index (χ0v) is 20.1. The maximum atomic E-state index is 13.0. The minimum Gasteiger partial charge on any atom is -0.338 e. The van der Waals surface area contributed by atoms with E-state index in [2.05, 4.69) is 20.4 Å². The molecule has 1 aliphatic rings. The normalized spacial score (nSPS) is 14.1. The number of nitrogens with one attached hydrogen (secondary N) is 1. The number of rotatable bonds is 6. The first-order valence-corrected chi connectivity index (χ1v) is 12.3. The van der Waals surface area contributed by atoms with Crippen molar-refractivity contribution in [3.8, 4) is 11.4 Å². The SMILES string of the molecule is Cc1ccccc1-c1noc(CN2CCN(C(=O)c3ccc(NC(=O)c4cccs4)cc3)CC2)n1.